The molecule has 1 amide bonds. The van der Waals surface area contributed by atoms with Gasteiger partial charge in [0.2, 0.25) is 5.91 Å². The van der Waals surface area contributed by atoms with Crippen LogP contribution in [0, 0.1) is 29.0 Å². The van der Waals surface area contributed by atoms with E-state index in [1.165, 1.54) is 6.07 Å². The van der Waals surface area contributed by atoms with Crippen LogP contribution in [-0.2, 0) is 16.0 Å². The van der Waals surface area contributed by atoms with Gasteiger partial charge in [-0.05, 0) is 92.1 Å². The number of hydrogen-bond donors (Lipinski definition) is 2. The van der Waals surface area contributed by atoms with Crippen molar-refractivity contribution in [2.75, 3.05) is 43.4 Å². The standard InChI is InChI=1S/C32H39FN4O3/c1-32-13-12-22-21-4-3-5-27(33)23(21)7-8-24(22)30(32)25(26(19-38)31(32)40)9-11-29(39)35-28-10-6-20(18-34-28)37-16-14-36(2)15-17-37/h3-6,10,18-19,22,24-25,30,38H,7-9,11-17H2,1-2H3,(H,34,35,39)/b26-19-/t22?,24?,25-,30?,32+/m1/s1. The molecular weight excluding hydrogens is 507 g/mol. The van der Waals surface area contributed by atoms with Gasteiger partial charge in [-0.15, -0.1) is 0 Å². The first-order valence-electron chi connectivity index (χ1n) is 14.7. The van der Waals surface area contributed by atoms with Gasteiger partial charge >= 0.3 is 0 Å². The minimum atomic E-state index is -0.567. The fourth-order valence-electron chi connectivity index (χ4n) is 8.22. The van der Waals surface area contributed by atoms with Gasteiger partial charge < -0.3 is 20.2 Å². The molecule has 3 fully saturated rings. The maximum absolute atomic E-state index is 14.6. The topological polar surface area (TPSA) is 85.8 Å². The van der Waals surface area contributed by atoms with E-state index in [2.05, 4.69) is 27.1 Å². The third-order valence-electron chi connectivity index (χ3n) is 10.3. The summed E-state index contributed by atoms with van der Waals surface area (Å²) in [6, 6.07) is 9.20. The van der Waals surface area contributed by atoms with Crippen molar-refractivity contribution in [1.29, 1.82) is 0 Å². The molecule has 2 N–H and O–H groups in total. The number of rotatable bonds is 5. The van der Waals surface area contributed by atoms with Crippen LogP contribution in [0.4, 0.5) is 15.9 Å². The van der Waals surface area contributed by atoms with Crippen LogP contribution in [0.2, 0.25) is 0 Å². The number of benzene rings is 1. The van der Waals surface area contributed by atoms with Gasteiger partial charge in [0.05, 0.1) is 18.1 Å². The Labute approximate surface area is 235 Å². The van der Waals surface area contributed by atoms with E-state index in [0.29, 0.717) is 30.7 Å². The number of likely N-dealkylation sites (N-methyl/N-ethyl adjacent to an activating group) is 1. The number of piperazine rings is 1. The minimum Gasteiger partial charge on any atom is -0.515 e. The first kappa shape index (κ1) is 26.9. The van der Waals surface area contributed by atoms with Crippen LogP contribution in [-0.4, -0.2) is 59.9 Å². The number of nitrogens with zero attached hydrogens (tertiary/aromatic N) is 3. The molecule has 4 aliphatic rings. The molecule has 1 aromatic carbocycles. The van der Waals surface area contributed by atoms with Gasteiger partial charge in [-0.2, -0.15) is 0 Å². The van der Waals surface area contributed by atoms with E-state index in [1.54, 1.807) is 12.3 Å². The first-order chi connectivity index (χ1) is 19.3. The number of Topliss-reactive ketones (excluding diaryl/α,β-unsaturated/α-hetero) is 1. The van der Waals surface area contributed by atoms with Crippen LogP contribution < -0.4 is 10.2 Å². The quantitative estimate of drug-likeness (QED) is 0.401. The van der Waals surface area contributed by atoms with Crippen LogP contribution in [0.25, 0.3) is 0 Å². The highest BCUT2D eigenvalue weighted by atomic mass is 19.1. The Morgan fingerprint density at radius 2 is 2.00 bits per heavy atom. The molecule has 6 rings (SSSR count). The molecule has 3 unspecified atom stereocenters. The summed E-state index contributed by atoms with van der Waals surface area (Å²) < 4.78 is 14.6. The van der Waals surface area contributed by atoms with Crippen LogP contribution in [0.3, 0.4) is 0 Å². The van der Waals surface area contributed by atoms with Crippen molar-refractivity contribution < 1.29 is 19.1 Å². The van der Waals surface area contributed by atoms with E-state index in [-0.39, 0.29) is 47.6 Å². The molecule has 0 radical (unpaired) electrons. The molecule has 40 heavy (non-hydrogen) atoms. The molecule has 0 bridgehead atoms. The molecule has 3 aliphatic carbocycles. The predicted molar refractivity (Wildman–Crippen MR) is 153 cm³/mol. The van der Waals surface area contributed by atoms with Crippen molar-refractivity contribution in [2.24, 2.45) is 23.2 Å². The molecular formula is C32H39FN4O3. The van der Waals surface area contributed by atoms with Crippen molar-refractivity contribution in [2.45, 2.75) is 51.4 Å². The summed E-state index contributed by atoms with van der Waals surface area (Å²) in [6.45, 7) is 5.96. The second-order valence-electron chi connectivity index (χ2n) is 12.4. The van der Waals surface area contributed by atoms with Gasteiger partial charge in [0.15, 0.2) is 5.78 Å². The number of aromatic nitrogens is 1. The lowest BCUT2D eigenvalue weighted by Gasteiger charge is -2.49. The summed E-state index contributed by atoms with van der Waals surface area (Å²) in [5.41, 5.74) is 2.82. The number of pyridine rings is 1. The smallest absolute Gasteiger partial charge is 0.225 e. The monoisotopic (exact) mass is 546 g/mol. The number of hydrogen-bond acceptors (Lipinski definition) is 6. The van der Waals surface area contributed by atoms with Gasteiger partial charge in [0, 0.05) is 43.6 Å². The van der Waals surface area contributed by atoms with Gasteiger partial charge in [0.1, 0.15) is 11.6 Å². The number of carbonyl (C=O) groups is 2. The van der Waals surface area contributed by atoms with Crippen LogP contribution in [0.15, 0.2) is 48.4 Å². The molecule has 2 saturated carbocycles. The van der Waals surface area contributed by atoms with Gasteiger partial charge in [0.25, 0.3) is 0 Å². The lowest BCUT2D eigenvalue weighted by atomic mass is 9.54. The summed E-state index contributed by atoms with van der Waals surface area (Å²) in [5.74, 6) is 0.453. The Morgan fingerprint density at radius 3 is 2.73 bits per heavy atom. The maximum atomic E-state index is 14.6. The number of carbonyl (C=O) groups excluding carboxylic acids is 2. The fourth-order valence-corrected chi connectivity index (χ4v) is 8.22. The Kier molecular flexibility index (Phi) is 7.15. The van der Waals surface area contributed by atoms with E-state index in [1.807, 2.05) is 25.1 Å². The number of ketones is 1. The van der Waals surface area contributed by atoms with Gasteiger partial charge in [-0.3, -0.25) is 9.59 Å². The number of anilines is 2. The summed E-state index contributed by atoms with van der Waals surface area (Å²) in [7, 11) is 2.12. The fraction of sp³-hybridized carbons (Fsp3) is 0.531. The summed E-state index contributed by atoms with van der Waals surface area (Å²) in [5, 5.41) is 13.1. The third kappa shape index (κ3) is 4.60. The van der Waals surface area contributed by atoms with E-state index < -0.39 is 5.41 Å². The number of fused-ring (bicyclic) bond motifs is 5. The van der Waals surface area contributed by atoms with Gasteiger partial charge in [-0.25, -0.2) is 9.37 Å². The van der Waals surface area contributed by atoms with Crippen LogP contribution >= 0.6 is 0 Å². The number of allylic oxidation sites excluding steroid dienone is 1. The summed E-state index contributed by atoms with van der Waals surface area (Å²) >= 11 is 0. The molecule has 2 heterocycles. The third-order valence-corrected chi connectivity index (χ3v) is 10.3. The molecule has 5 atom stereocenters. The second kappa shape index (κ2) is 10.6. The van der Waals surface area contributed by atoms with E-state index in [9.17, 15) is 19.1 Å². The average molecular weight is 547 g/mol. The zero-order valence-electron chi connectivity index (χ0n) is 23.4. The number of nitrogens with one attached hydrogen (secondary N) is 1. The lowest BCUT2D eigenvalue weighted by Crippen LogP contribution is -2.44. The molecule has 1 aliphatic heterocycles. The normalized spacial score (nSPS) is 31.0. The zero-order chi connectivity index (χ0) is 28.0. The number of amides is 1. The van der Waals surface area contributed by atoms with E-state index in [4.69, 9.17) is 0 Å². The highest BCUT2D eigenvalue weighted by Crippen LogP contribution is 2.63. The second-order valence-corrected chi connectivity index (χ2v) is 12.4. The average Bonchev–Trinajstić information content (AvgIpc) is 3.18. The minimum absolute atomic E-state index is 0.00931. The largest absolute Gasteiger partial charge is 0.515 e. The molecule has 7 nitrogen and oxygen atoms in total. The molecule has 0 spiro atoms. The molecule has 1 aromatic heterocycles. The Bertz CT molecular complexity index is 1320. The summed E-state index contributed by atoms with van der Waals surface area (Å²) in [4.78, 5) is 35.7. The highest BCUT2D eigenvalue weighted by molar-refractivity contribution is 6.03. The van der Waals surface area contributed by atoms with Crippen LogP contribution in [0.5, 0.6) is 0 Å². The Morgan fingerprint density at radius 1 is 1.20 bits per heavy atom. The summed E-state index contributed by atoms with van der Waals surface area (Å²) in [6.07, 6.45) is 6.51. The maximum Gasteiger partial charge on any atom is 0.225 e. The SMILES string of the molecule is CN1CCN(c2ccc(NC(=O)CC[C@@H]3/C(=C/O)C(=O)[C@@]4(C)CCC5c6cccc(F)c6CCC5C34)nc2)CC1. The van der Waals surface area contributed by atoms with Crippen molar-refractivity contribution in [3.8, 4) is 0 Å². The number of aliphatic hydroxyl groups is 1. The van der Waals surface area contributed by atoms with E-state index >= 15 is 0 Å². The van der Waals surface area contributed by atoms with Crippen molar-refractivity contribution in [3.63, 3.8) is 0 Å². The van der Waals surface area contributed by atoms with Crippen molar-refractivity contribution in [3.05, 3.63) is 65.3 Å². The van der Waals surface area contributed by atoms with Crippen molar-refractivity contribution >= 4 is 23.2 Å². The first-order valence-corrected chi connectivity index (χ1v) is 14.7. The van der Waals surface area contributed by atoms with Crippen molar-refractivity contribution in [1.82, 2.24) is 9.88 Å². The van der Waals surface area contributed by atoms with E-state index in [0.717, 1.165) is 62.1 Å². The Balaban J connectivity index is 1.15. The predicted octanol–water partition coefficient (Wildman–Crippen LogP) is 5.09. The zero-order valence-corrected chi connectivity index (χ0v) is 23.4. The molecule has 2 aromatic rings. The van der Waals surface area contributed by atoms with Crippen LogP contribution in [0.1, 0.15) is 56.1 Å². The molecule has 212 valence electrons. The molecule has 8 heteroatoms. The lowest BCUT2D eigenvalue weighted by molar-refractivity contribution is -0.127. The van der Waals surface area contributed by atoms with Gasteiger partial charge in [-0.1, -0.05) is 19.1 Å². The molecule has 1 saturated heterocycles. The highest BCUT2D eigenvalue weighted by Gasteiger charge is 2.60. The number of halogens is 1. The number of aliphatic hydroxyl groups excluding tert-OH is 1. The Hall–Kier alpha value is -3.26.